The van der Waals surface area contributed by atoms with E-state index in [4.69, 9.17) is 0 Å². The Labute approximate surface area is 494 Å². The van der Waals surface area contributed by atoms with Crippen molar-refractivity contribution >= 4 is 75.3 Å². The predicted octanol–water partition coefficient (Wildman–Crippen LogP) is 11.8. The third-order valence-electron chi connectivity index (χ3n) is 16.1. The van der Waals surface area contributed by atoms with Gasteiger partial charge in [0.1, 0.15) is 5.75 Å². The number of carboxylic acid groups (broad SMARTS) is 1. The van der Waals surface area contributed by atoms with Crippen LogP contribution in [0.5, 0.6) is 5.75 Å². The SMILES string of the molecule is O=C(O)Cc1cc(C(=O)c2ccc3cc(-c4ccc(C(=O)N(CCCCCCN5C(=O)c6ccccc6C5=O)CCCCCCN5C(=O)c6ccccc6C5=O)cc4)n(CCCCN4C(=O)c5ccccc5C4=O)c3c2)sc1-c1cccc(O)c1. The molecule has 2 N–H and O–H groups in total. The molecule has 0 radical (unpaired) electrons. The molecule has 3 aliphatic heterocycles. The average molecular weight is 1160 g/mol. The van der Waals surface area contributed by atoms with Crippen LogP contribution < -0.4 is 0 Å². The minimum Gasteiger partial charge on any atom is -0.508 e. The zero-order valence-electron chi connectivity index (χ0n) is 46.7. The lowest BCUT2D eigenvalue weighted by Crippen LogP contribution is -2.33. The fourth-order valence-electron chi connectivity index (χ4n) is 11.7. The molecule has 0 atom stereocenters. The van der Waals surface area contributed by atoms with Gasteiger partial charge in [0.15, 0.2) is 0 Å². The number of carbonyl (C=O) groups is 9. The second-order valence-electron chi connectivity index (χ2n) is 21.7. The van der Waals surface area contributed by atoms with Crippen LogP contribution in [0.1, 0.15) is 158 Å². The van der Waals surface area contributed by atoms with E-state index in [-0.39, 0.29) is 65.8 Å². The molecule has 8 aromatic rings. The summed E-state index contributed by atoms with van der Waals surface area (Å²) in [4.78, 5) is 126. The highest BCUT2D eigenvalue weighted by Gasteiger charge is 2.37. The van der Waals surface area contributed by atoms with Gasteiger partial charge < -0.3 is 19.7 Å². The Bertz CT molecular complexity index is 3800. The van der Waals surface area contributed by atoms with Crippen molar-refractivity contribution < 1.29 is 53.4 Å². The van der Waals surface area contributed by atoms with Crippen LogP contribution in [0, 0.1) is 0 Å². The normalized spacial score (nSPS) is 13.6. The summed E-state index contributed by atoms with van der Waals surface area (Å²) in [5.41, 5.74) is 6.72. The first kappa shape index (κ1) is 57.2. The molecule has 3 aliphatic rings. The summed E-state index contributed by atoms with van der Waals surface area (Å²) in [6.45, 7) is 2.22. The predicted molar refractivity (Wildman–Crippen MR) is 321 cm³/mol. The molecule has 0 spiro atoms. The number of aromatic hydroxyl groups is 1. The van der Waals surface area contributed by atoms with Gasteiger partial charge >= 0.3 is 5.97 Å². The maximum atomic E-state index is 14.6. The lowest BCUT2D eigenvalue weighted by atomic mass is 10.0. The largest absolute Gasteiger partial charge is 0.508 e. The molecule has 0 unspecified atom stereocenters. The molecule has 5 heterocycles. The van der Waals surface area contributed by atoms with Crippen molar-refractivity contribution in [2.75, 3.05) is 32.7 Å². The third-order valence-corrected chi connectivity index (χ3v) is 17.4. The highest BCUT2D eigenvalue weighted by atomic mass is 32.1. The number of carbonyl (C=O) groups excluding carboxylic acids is 8. The van der Waals surface area contributed by atoms with Crippen molar-refractivity contribution in [1.29, 1.82) is 0 Å². The summed E-state index contributed by atoms with van der Waals surface area (Å²) in [7, 11) is 0. The summed E-state index contributed by atoms with van der Waals surface area (Å²) in [5.74, 6) is -3.27. The Morgan fingerprint density at radius 2 is 0.906 bits per heavy atom. The van der Waals surface area contributed by atoms with Crippen molar-refractivity contribution in [1.82, 2.24) is 24.2 Å². The molecule has 85 heavy (non-hydrogen) atoms. The van der Waals surface area contributed by atoms with Crippen LogP contribution in [0.4, 0.5) is 0 Å². The molecular formula is C68H61N5O11S. The quantitative estimate of drug-likeness (QED) is 0.0296. The van der Waals surface area contributed by atoms with Gasteiger partial charge in [-0.05, 0) is 134 Å². The van der Waals surface area contributed by atoms with Crippen molar-refractivity contribution in [3.8, 4) is 27.4 Å². The van der Waals surface area contributed by atoms with Crippen molar-refractivity contribution in [2.45, 2.75) is 77.2 Å². The molecule has 16 nitrogen and oxygen atoms in total. The summed E-state index contributed by atoms with van der Waals surface area (Å²) in [5, 5.41) is 20.9. The van der Waals surface area contributed by atoms with Crippen LogP contribution in [-0.2, 0) is 17.8 Å². The number of rotatable bonds is 26. The lowest BCUT2D eigenvalue weighted by Gasteiger charge is -2.23. The Hall–Kier alpha value is -9.61. The van der Waals surface area contributed by atoms with E-state index in [1.165, 1.54) is 26.8 Å². The number of unbranched alkanes of at least 4 members (excludes halogenated alkanes) is 7. The van der Waals surface area contributed by atoms with Gasteiger partial charge in [0.25, 0.3) is 41.4 Å². The van der Waals surface area contributed by atoms with Gasteiger partial charge in [0, 0.05) is 71.9 Å². The van der Waals surface area contributed by atoms with Gasteiger partial charge in [-0.3, -0.25) is 57.9 Å². The number of carboxylic acids is 1. The lowest BCUT2D eigenvalue weighted by molar-refractivity contribution is -0.136. The van der Waals surface area contributed by atoms with Gasteiger partial charge in [-0.25, -0.2) is 0 Å². The van der Waals surface area contributed by atoms with Crippen LogP contribution >= 0.6 is 11.3 Å². The molecule has 0 bridgehead atoms. The average Bonchev–Trinajstić information content (AvgIpc) is 2.59. The Morgan fingerprint density at radius 1 is 0.447 bits per heavy atom. The number of aliphatic carboxylic acids is 1. The molecule has 0 saturated carbocycles. The van der Waals surface area contributed by atoms with Crippen LogP contribution in [0.15, 0.2) is 152 Å². The number of imide groups is 3. The van der Waals surface area contributed by atoms with Crippen LogP contribution in [0.2, 0.25) is 0 Å². The number of phenolic OH excluding ortho intramolecular Hbond substituents is 1. The van der Waals surface area contributed by atoms with Gasteiger partial charge in [-0.1, -0.05) is 98.5 Å². The first-order chi connectivity index (χ1) is 41.2. The number of fused-ring (bicyclic) bond motifs is 4. The zero-order chi connectivity index (χ0) is 59.3. The number of aryl methyl sites for hydroxylation is 1. The van der Waals surface area contributed by atoms with Crippen molar-refractivity contribution in [2.24, 2.45) is 0 Å². The summed E-state index contributed by atoms with van der Waals surface area (Å²) < 4.78 is 2.10. The Kier molecular flexibility index (Phi) is 16.9. The Morgan fingerprint density at radius 3 is 1.39 bits per heavy atom. The van der Waals surface area contributed by atoms with E-state index in [0.29, 0.717) is 137 Å². The van der Waals surface area contributed by atoms with E-state index in [1.807, 2.05) is 47.4 Å². The highest BCUT2D eigenvalue weighted by molar-refractivity contribution is 7.17. The number of nitrogens with zero attached hydrogens (tertiary/aromatic N) is 5. The number of amides is 7. The van der Waals surface area contributed by atoms with E-state index in [2.05, 4.69) is 4.57 Å². The van der Waals surface area contributed by atoms with E-state index in [9.17, 15) is 53.4 Å². The number of hydrogen-bond acceptors (Lipinski definition) is 11. The molecule has 430 valence electrons. The van der Waals surface area contributed by atoms with Gasteiger partial charge in [-0.15, -0.1) is 11.3 Å². The number of aromatic nitrogens is 1. The van der Waals surface area contributed by atoms with E-state index in [1.54, 1.807) is 97.1 Å². The molecule has 0 fully saturated rings. The van der Waals surface area contributed by atoms with E-state index < -0.39 is 5.97 Å². The summed E-state index contributed by atoms with van der Waals surface area (Å²) in [6, 6.07) is 43.4. The second kappa shape index (κ2) is 25.1. The fraction of sp³-hybridized carbons (Fsp3) is 0.250. The summed E-state index contributed by atoms with van der Waals surface area (Å²) in [6.07, 6.45) is 6.39. The molecular weight excluding hydrogens is 1090 g/mol. The number of thiophene rings is 1. The third kappa shape index (κ3) is 11.8. The number of benzene rings is 6. The molecule has 7 amide bonds. The summed E-state index contributed by atoms with van der Waals surface area (Å²) >= 11 is 1.16. The van der Waals surface area contributed by atoms with Gasteiger partial charge in [-0.2, -0.15) is 0 Å². The van der Waals surface area contributed by atoms with Crippen LogP contribution in [-0.4, -0.2) is 120 Å². The number of phenols is 1. The van der Waals surface area contributed by atoms with Crippen LogP contribution in [0.25, 0.3) is 32.6 Å². The highest BCUT2D eigenvalue weighted by Crippen LogP contribution is 2.38. The maximum absolute atomic E-state index is 14.6. The van der Waals surface area contributed by atoms with E-state index in [0.717, 1.165) is 59.2 Å². The Balaban J connectivity index is 0.804. The molecule has 6 aromatic carbocycles. The van der Waals surface area contributed by atoms with Crippen molar-refractivity contribution in [3.05, 3.63) is 207 Å². The standard InChI is InChI=1S/C68H61N5O11S/c74-49-19-17-18-47(38-49)61-48(42-59(75)76)41-58(85-61)60(77)46-31-30-45-39-56(70(57(45)40-46)34-15-16-37-73-67(83)54-24-9-10-25-55(54)68(73)84)43-26-28-44(29-27-43)62(78)69(32-11-1-3-13-35-71-63(79)50-20-5-6-21-51(50)64(71)80)33-12-2-4-14-36-72-65(81)52-22-7-8-23-53(52)66(72)82/h5-10,17-31,38-41,74H,1-4,11-16,32-37,42H2,(H,75,76). The van der Waals surface area contributed by atoms with Gasteiger partial charge in [0.05, 0.1) is 44.7 Å². The number of hydrogen-bond donors (Lipinski definition) is 2. The maximum Gasteiger partial charge on any atom is 0.307 e. The topological polar surface area (TPSA) is 212 Å². The number of ketones is 1. The zero-order valence-corrected chi connectivity index (χ0v) is 47.5. The first-order valence-corrected chi connectivity index (χ1v) is 29.6. The van der Waals surface area contributed by atoms with Crippen molar-refractivity contribution in [3.63, 3.8) is 0 Å². The molecule has 11 rings (SSSR count). The molecule has 0 saturated heterocycles. The smallest absolute Gasteiger partial charge is 0.307 e. The van der Waals surface area contributed by atoms with E-state index >= 15 is 0 Å². The first-order valence-electron chi connectivity index (χ1n) is 28.8. The van der Waals surface area contributed by atoms with Crippen LogP contribution in [0.3, 0.4) is 0 Å². The second-order valence-corrected chi connectivity index (χ2v) is 22.7. The van der Waals surface area contributed by atoms with Gasteiger partial charge in [0.2, 0.25) is 5.78 Å². The minimum absolute atomic E-state index is 0.00943. The fourth-order valence-corrected chi connectivity index (χ4v) is 12.9. The molecule has 2 aromatic heterocycles. The monoisotopic (exact) mass is 1160 g/mol. The molecule has 0 aliphatic carbocycles. The minimum atomic E-state index is -1.06. The molecule has 17 heteroatoms.